The molecule has 2 amide bonds. The zero-order valence-corrected chi connectivity index (χ0v) is 17.4. The van der Waals surface area contributed by atoms with Gasteiger partial charge in [-0.2, -0.15) is 8.78 Å². The Balaban J connectivity index is 1.34. The number of carboxylic acid groups (broad SMARTS) is 1. The van der Waals surface area contributed by atoms with E-state index in [4.69, 9.17) is 14.6 Å². The fraction of sp³-hybridized carbons (Fsp3) is 0.348. The van der Waals surface area contributed by atoms with Crippen LogP contribution in [0.4, 0.5) is 13.6 Å². The van der Waals surface area contributed by atoms with Crippen molar-refractivity contribution >= 4 is 18.0 Å². The van der Waals surface area contributed by atoms with Crippen LogP contribution in [0.5, 0.6) is 0 Å². The summed E-state index contributed by atoms with van der Waals surface area (Å²) in [5.74, 6) is -7.52. The van der Waals surface area contributed by atoms with Gasteiger partial charge >= 0.3 is 18.0 Å². The van der Waals surface area contributed by atoms with Gasteiger partial charge in [0, 0.05) is 12.5 Å². The maximum Gasteiger partial charge on any atom is 0.407 e. The van der Waals surface area contributed by atoms with Crippen molar-refractivity contribution in [1.82, 2.24) is 10.6 Å². The first kappa shape index (κ1) is 22.7. The predicted octanol–water partition coefficient (Wildman–Crippen LogP) is 2.52. The SMILES string of the molecule is O=C(N[C@@H]1CCO[C@@H]1C(=O)NCC(F)(F)C(=O)O)OCC1c2ccccc2-c2ccccc21. The van der Waals surface area contributed by atoms with Crippen molar-refractivity contribution in [3.63, 3.8) is 0 Å². The molecule has 0 saturated carbocycles. The number of hydrogen-bond acceptors (Lipinski definition) is 5. The Hall–Kier alpha value is -3.53. The Bertz CT molecular complexity index is 1030. The fourth-order valence-electron chi connectivity index (χ4n) is 4.16. The molecule has 8 nitrogen and oxygen atoms in total. The summed E-state index contributed by atoms with van der Waals surface area (Å²) in [5.41, 5.74) is 4.27. The largest absolute Gasteiger partial charge is 0.477 e. The van der Waals surface area contributed by atoms with Crippen LogP contribution in [-0.2, 0) is 19.1 Å². The van der Waals surface area contributed by atoms with E-state index in [0.717, 1.165) is 22.3 Å². The van der Waals surface area contributed by atoms with Crippen LogP contribution in [0, 0.1) is 0 Å². The highest BCUT2D eigenvalue weighted by Gasteiger charge is 2.42. The lowest BCUT2D eigenvalue weighted by atomic mass is 9.98. The minimum absolute atomic E-state index is 0.0785. The molecular formula is C23H22F2N2O6. The molecule has 10 heteroatoms. The number of amides is 2. The maximum atomic E-state index is 13.2. The summed E-state index contributed by atoms with van der Waals surface area (Å²) in [7, 11) is 0. The van der Waals surface area contributed by atoms with Crippen LogP contribution in [0.15, 0.2) is 48.5 Å². The highest BCUT2D eigenvalue weighted by molar-refractivity contribution is 5.84. The highest BCUT2D eigenvalue weighted by atomic mass is 19.3. The molecule has 0 aromatic heterocycles. The van der Waals surface area contributed by atoms with E-state index in [1.807, 2.05) is 53.8 Å². The van der Waals surface area contributed by atoms with Gasteiger partial charge < -0.3 is 25.2 Å². The second-order valence-electron chi connectivity index (χ2n) is 7.88. The summed E-state index contributed by atoms with van der Waals surface area (Å²) in [4.78, 5) is 35.1. The van der Waals surface area contributed by atoms with Gasteiger partial charge in [0.2, 0.25) is 0 Å². The number of nitrogens with one attached hydrogen (secondary N) is 2. The number of carbonyl (C=O) groups is 3. The number of fused-ring (bicyclic) bond motifs is 3. The summed E-state index contributed by atoms with van der Waals surface area (Å²) in [6.45, 7) is -1.17. The molecule has 33 heavy (non-hydrogen) atoms. The first-order chi connectivity index (χ1) is 15.8. The molecule has 0 spiro atoms. The number of benzene rings is 2. The topological polar surface area (TPSA) is 114 Å². The minimum atomic E-state index is -4.11. The Morgan fingerprint density at radius 3 is 2.27 bits per heavy atom. The number of hydrogen-bond donors (Lipinski definition) is 3. The van der Waals surface area contributed by atoms with Crippen molar-refractivity contribution in [3.8, 4) is 11.1 Å². The average Bonchev–Trinajstić information content (AvgIpc) is 3.38. The molecule has 2 aliphatic rings. The molecule has 1 aliphatic carbocycles. The Kier molecular flexibility index (Phi) is 6.28. The third-order valence-corrected chi connectivity index (χ3v) is 5.79. The van der Waals surface area contributed by atoms with Gasteiger partial charge in [-0.1, -0.05) is 48.5 Å². The van der Waals surface area contributed by atoms with Gasteiger partial charge in [-0.25, -0.2) is 9.59 Å². The van der Waals surface area contributed by atoms with Gasteiger partial charge in [0.15, 0.2) is 6.10 Å². The second-order valence-corrected chi connectivity index (χ2v) is 7.88. The van der Waals surface area contributed by atoms with E-state index in [1.54, 1.807) is 0 Å². The number of carboxylic acids is 1. The quantitative estimate of drug-likeness (QED) is 0.585. The Morgan fingerprint density at radius 1 is 1.06 bits per heavy atom. The molecule has 174 valence electrons. The fourth-order valence-corrected chi connectivity index (χ4v) is 4.16. The van der Waals surface area contributed by atoms with Crippen LogP contribution in [0.1, 0.15) is 23.5 Å². The van der Waals surface area contributed by atoms with E-state index in [2.05, 4.69) is 5.32 Å². The second kappa shape index (κ2) is 9.14. The summed E-state index contributed by atoms with van der Waals surface area (Å²) < 4.78 is 37.1. The normalized spacial score (nSPS) is 19.5. The molecule has 4 rings (SSSR count). The zero-order chi connectivity index (χ0) is 23.6. The first-order valence-electron chi connectivity index (χ1n) is 10.4. The third-order valence-electron chi connectivity index (χ3n) is 5.79. The Morgan fingerprint density at radius 2 is 1.67 bits per heavy atom. The lowest BCUT2D eigenvalue weighted by molar-refractivity contribution is -0.164. The minimum Gasteiger partial charge on any atom is -0.477 e. The zero-order valence-electron chi connectivity index (χ0n) is 17.4. The number of carbonyl (C=O) groups excluding carboxylic acids is 2. The predicted molar refractivity (Wildman–Crippen MR) is 112 cm³/mol. The van der Waals surface area contributed by atoms with E-state index >= 15 is 0 Å². The molecular weight excluding hydrogens is 438 g/mol. The van der Waals surface area contributed by atoms with Gasteiger partial charge in [-0.3, -0.25) is 4.79 Å². The number of aliphatic carboxylic acids is 1. The summed E-state index contributed by atoms with van der Waals surface area (Å²) in [6.07, 6.45) is -1.71. The number of rotatable bonds is 7. The monoisotopic (exact) mass is 460 g/mol. The van der Waals surface area contributed by atoms with Gasteiger partial charge in [-0.05, 0) is 28.7 Å². The highest BCUT2D eigenvalue weighted by Crippen LogP contribution is 2.44. The van der Waals surface area contributed by atoms with E-state index in [9.17, 15) is 23.2 Å². The van der Waals surface area contributed by atoms with Crippen LogP contribution in [0.3, 0.4) is 0 Å². The van der Waals surface area contributed by atoms with Crippen molar-refractivity contribution in [1.29, 1.82) is 0 Å². The van der Waals surface area contributed by atoms with Gasteiger partial charge in [0.1, 0.15) is 6.61 Å². The van der Waals surface area contributed by atoms with E-state index in [0.29, 0.717) is 0 Å². The molecule has 1 fully saturated rings. The molecule has 0 unspecified atom stereocenters. The smallest absolute Gasteiger partial charge is 0.407 e. The van der Waals surface area contributed by atoms with Crippen molar-refractivity contribution in [3.05, 3.63) is 59.7 Å². The number of ether oxygens (including phenoxy) is 2. The standard InChI is InChI=1S/C23H22F2N2O6/c24-23(25,21(29)30)12-26-20(28)19-18(9-10-32-19)27-22(31)33-11-17-15-7-3-1-5-13(15)14-6-2-4-8-16(14)17/h1-8,17-19H,9-12H2,(H,26,28)(H,27,31)(H,29,30)/t18-,19+/m1/s1. The summed E-state index contributed by atoms with van der Waals surface area (Å²) in [5, 5.41) is 12.9. The molecule has 1 saturated heterocycles. The van der Waals surface area contributed by atoms with Crippen molar-refractivity contribution in [2.75, 3.05) is 19.8 Å². The molecule has 0 bridgehead atoms. The van der Waals surface area contributed by atoms with Crippen LogP contribution in [0.25, 0.3) is 11.1 Å². The van der Waals surface area contributed by atoms with Crippen LogP contribution >= 0.6 is 0 Å². The van der Waals surface area contributed by atoms with Gasteiger partial charge in [-0.15, -0.1) is 0 Å². The third kappa shape index (κ3) is 4.65. The van der Waals surface area contributed by atoms with Crippen molar-refractivity contribution in [2.45, 2.75) is 30.4 Å². The number of alkyl carbamates (subject to hydrolysis) is 1. The van der Waals surface area contributed by atoms with Crippen molar-refractivity contribution < 1.29 is 37.7 Å². The van der Waals surface area contributed by atoms with E-state index < -0.39 is 42.6 Å². The number of alkyl halides is 2. The molecule has 2 aromatic carbocycles. The molecule has 3 N–H and O–H groups in total. The van der Waals surface area contributed by atoms with E-state index in [1.165, 1.54) is 0 Å². The lowest BCUT2D eigenvalue weighted by Gasteiger charge is -2.21. The van der Waals surface area contributed by atoms with Crippen LogP contribution in [0.2, 0.25) is 0 Å². The molecule has 1 aliphatic heterocycles. The molecule has 2 aromatic rings. The van der Waals surface area contributed by atoms with Crippen molar-refractivity contribution in [2.24, 2.45) is 0 Å². The molecule has 1 heterocycles. The molecule has 0 radical (unpaired) electrons. The first-order valence-corrected chi connectivity index (χ1v) is 10.4. The summed E-state index contributed by atoms with van der Waals surface area (Å²) in [6, 6.07) is 14.9. The lowest BCUT2D eigenvalue weighted by Crippen LogP contribution is -2.51. The Labute approximate surface area is 187 Å². The maximum absolute atomic E-state index is 13.2. The van der Waals surface area contributed by atoms with Gasteiger partial charge in [0.25, 0.3) is 5.91 Å². The van der Waals surface area contributed by atoms with Crippen LogP contribution in [-0.4, -0.2) is 60.9 Å². The molecule has 2 atom stereocenters. The average molecular weight is 460 g/mol. The van der Waals surface area contributed by atoms with E-state index in [-0.39, 0.29) is 25.6 Å². The summed E-state index contributed by atoms with van der Waals surface area (Å²) >= 11 is 0. The van der Waals surface area contributed by atoms with Gasteiger partial charge in [0.05, 0.1) is 12.6 Å². The van der Waals surface area contributed by atoms with Crippen LogP contribution < -0.4 is 10.6 Å². The number of halogens is 2.